The third-order valence-corrected chi connectivity index (χ3v) is 3.55. The highest BCUT2D eigenvalue weighted by Gasteiger charge is 2.12. The Morgan fingerprint density at radius 3 is 1.81 bits per heavy atom. The van der Waals surface area contributed by atoms with Crippen molar-refractivity contribution in [1.82, 2.24) is 0 Å². The number of rotatable bonds is 3. The number of phenols is 1. The topological polar surface area (TPSA) is 40.5 Å². The summed E-state index contributed by atoms with van der Waals surface area (Å²) in [6, 6.07) is 23.4. The Labute approximate surface area is 123 Å². The van der Waals surface area contributed by atoms with Gasteiger partial charge < -0.3 is 10.2 Å². The molecule has 0 aliphatic rings. The van der Waals surface area contributed by atoms with Gasteiger partial charge in [0.1, 0.15) is 5.75 Å². The third kappa shape index (κ3) is 2.67. The monoisotopic (exact) mass is 276 g/mol. The standard InChI is InChI=1S/C19H16O2/c20-13-17-11-16(14-7-3-1-4-8-14)12-18(19(17)21)15-9-5-2-6-10-15/h1-12,20-21H,13H2. The highest BCUT2D eigenvalue weighted by molar-refractivity contribution is 5.79. The molecule has 0 fully saturated rings. The Morgan fingerprint density at radius 1 is 0.667 bits per heavy atom. The maximum absolute atomic E-state index is 10.4. The molecule has 3 aromatic carbocycles. The van der Waals surface area contributed by atoms with Gasteiger partial charge in [-0.05, 0) is 28.8 Å². The van der Waals surface area contributed by atoms with Gasteiger partial charge in [-0.1, -0.05) is 60.7 Å². The van der Waals surface area contributed by atoms with Crippen molar-refractivity contribution >= 4 is 0 Å². The van der Waals surface area contributed by atoms with E-state index < -0.39 is 0 Å². The number of aromatic hydroxyl groups is 1. The zero-order valence-electron chi connectivity index (χ0n) is 11.5. The van der Waals surface area contributed by atoms with Crippen LogP contribution in [0.25, 0.3) is 22.3 Å². The van der Waals surface area contributed by atoms with Gasteiger partial charge in [0.25, 0.3) is 0 Å². The lowest BCUT2D eigenvalue weighted by Gasteiger charge is -2.12. The first-order valence-electron chi connectivity index (χ1n) is 6.87. The summed E-state index contributed by atoms with van der Waals surface area (Å²) >= 11 is 0. The molecule has 0 atom stereocenters. The van der Waals surface area contributed by atoms with E-state index in [1.807, 2.05) is 72.8 Å². The van der Waals surface area contributed by atoms with Crippen molar-refractivity contribution in [1.29, 1.82) is 0 Å². The molecule has 0 aliphatic heterocycles. The van der Waals surface area contributed by atoms with Gasteiger partial charge in [0.2, 0.25) is 0 Å². The van der Waals surface area contributed by atoms with E-state index in [0.29, 0.717) is 5.56 Å². The van der Waals surface area contributed by atoms with Crippen LogP contribution in [0.3, 0.4) is 0 Å². The van der Waals surface area contributed by atoms with Crippen LogP contribution in [0, 0.1) is 0 Å². The zero-order chi connectivity index (χ0) is 14.7. The second-order valence-corrected chi connectivity index (χ2v) is 4.92. The van der Waals surface area contributed by atoms with E-state index in [9.17, 15) is 10.2 Å². The van der Waals surface area contributed by atoms with Crippen LogP contribution in [0.15, 0.2) is 72.8 Å². The molecule has 0 radical (unpaired) electrons. The molecule has 104 valence electrons. The Hall–Kier alpha value is -2.58. The van der Waals surface area contributed by atoms with Gasteiger partial charge in [-0.25, -0.2) is 0 Å². The van der Waals surface area contributed by atoms with Crippen molar-refractivity contribution < 1.29 is 10.2 Å². The molecule has 0 aromatic heterocycles. The molecule has 2 nitrogen and oxygen atoms in total. The smallest absolute Gasteiger partial charge is 0.128 e. The molecule has 0 bridgehead atoms. The highest BCUT2D eigenvalue weighted by Crippen LogP contribution is 2.36. The van der Waals surface area contributed by atoms with Crippen LogP contribution >= 0.6 is 0 Å². The molecular weight excluding hydrogens is 260 g/mol. The quantitative estimate of drug-likeness (QED) is 0.752. The molecule has 0 unspecified atom stereocenters. The fourth-order valence-electron chi connectivity index (χ4n) is 2.45. The van der Waals surface area contributed by atoms with Crippen molar-refractivity contribution in [2.75, 3.05) is 0 Å². The third-order valence-electron chi connectivity index (χ3n) is 3.55. The maximum atomic E-state index is 10.4. The van der Waals surface area contributed by atoms with Crippen LogP contribution in [0.5, 0.6) is 5.75 Å². The van der Waals surface area contributed by atoms with Gasteiger partial charge in [-0.2, -0.15) is 0 Å². The Morgan fingerprint density at radius 2 is 1.24 bits per heavy atom. The summed E-state index contributed by atoms with van der Waals surface area (Å²) in [5.74, 6) is 0.142. The van der Waals surface area contributed by atoms with Crippen LogP contribution in [-0.4, -0.2) is 10.2 Å². The van der Waals surface area contributed by atoms with E-state index in [-0.39, 0.29) is 12.4 Å². The minimum absolute atomic E-state index is 0.142. The Kier molecular flexibility index (Phi) is 3.71. The van der Waals surface area contributed by atoms with Gasteiger partial charge in [0.15, 0.2) is 0 Å². The zero-order valence-corrected chi connectivity index (χ0v) is 11.5. The Bertz CT molecular complexity index is 734. The molecule has 2 heteroatoms. The van der Waals surface area contributed by atoms with Gasteiger partial charge in [-0.3, -0.25) is 0 Å². The van der Waals surface area contributed by atoms with E-state index in [0.717, 1.165) is 22.3 Å². The molecule has 0 spiro atoms. The fourth-order valence-corrected chi connectivity index (χ4v) is 2.45. The second kappa shape index (κ2) is 5.81. The molecule has 0 saturated heterocycles. The number of hydrogen-bond acceptors (Lipinski definition) is 2. The SMILES string of the molecule is OCc1cc(-c2ccccc2)cc(-c2ccccc2)c1O. The summed E-state index contributed by atoms with van der Waals surface area (Å²) in [5.41, 5.74) is 4.25. The van der Waals surface area contributed by atoms with Gasteiger partial charge in [0.05, 0.1) is 6.61 Å². The summed E-state index contributed by atoms with van der Waals surface area (Å²) in [6.45, 7) is -0.188. The Balaban J connectivity index is 2.21. The fraction of sp³-hybridized carbons (Fsp3) is 0.0526. The van der Waals surface area contributed by atoms with E-state index in [4.69, 9.17) is 0 Å². The van der Waals surface area contributed by atoms with Gasteiger partial charge in [0, 0.05) is 11.1 Å². The molecule has 21 heavy (non-hydrogen) atoms. The lowest BCUT2D eigenvalue weighted by Crippen LogP contribution is -1.90. The van der Waals surface area contributed by atoms with Crippen LogP contribution in [0.4, 0.5) is 0 Å². The van der Waals surface area contributed by atoms with Crippen LogP contribution in [-0.2, 0) is 6.61 Å². The van der Waals surface area contributed by atoms with Crippen molar-refractivity contribution in [3.8, 4) is 28.0 Å². The van der Waals surface area contributed by atoms with Crippen molar-refractivity contribution in [2.24, 2.45) is 0 Å². The summed E-state index contributed by atoms with van der Waals surface area (Å²) in [5, 5.41) is 19.9. The molecular formula is C19H16O2. The van der Waals surface area contributed by atoms with Crippen molar-refractivity contribution in [3.63, 3.8) is 0 Å². The molecule has 0 saturated carbocycles. The lowest BCUT2D eigenvalue weighted by atomic mass is 9.95. The van der Waals surface area contributed by atoms with Crippen LogP contribution in [0.2, 0.25) is 0 Å². The van der Waals surface area contributed by atoms with E-state index in [1.54, 1.807) is 0 Å². The van der Waals surface area contributed by atoms with Crippen LogP contribution < -0.4 is 0 Å². The minimum atomic E-state index is -0.188. The summed E-state index contributed by atoms with van der Waals surface area (Å²) in [7, 11) is 0. The van der Waals surface area contributed by atoms with E-state index in [2.05, 4.69) is 0 Å². The average Bonchev–Trinajstić information content (AvgIpc) is 2.56. The van der Waals surface area contributed by atoms with Gasteiger partial charge in [-0.15, -0.1) is 0 Å². The van der Waals surface area contributed by atoms with E-state index in [1.165, 1.54) is 0 Å². The molecule has 3 aromatic rings. The molecule has 0 aliphatic carbocycles. The lowest BCUT2D eigenvalue weighted by molar-refractivity contribution is 0.276. The van der Waals surface area contributed by atoms with Crippen molar-refractivity contribution in [2.45, 2.75) is 6.61 Å². The number of aliphatic hydroxyl groups excluding tert-OH is 1. The maximum Gasteiger partial charge on any atom is 0.128 e. The summed E-state index contributed by atoms with van der Waals surface area (Å²) < 4.78 is 0. The molecule has 0 amide bonds. The molecule has 3 rings (SSSR count). The first-order valence-corrected chi connectivity index (χ1v) is 6.87. The summed E-state index contributed by atoms with van der Waals surface area (Å²) in [6.07, 6.45) is 0. The highest BCUT2D eigenvalue weighted by atomic mass is 16.3. The first-order chi connectivity index (χ1) is 10.3. The first kappa shape index (κ1) is 13.4. The minimum Gasteiger partial charge on any atom is -0.507 e. The predicted molar refractivity (Wildman–Crippen MR) is 84.9 cm³/mol. The van der Waals surface area contributed by atoms with Crippen LogP contribution in [0.1, 0.15) is 5.56 Å². The van der Waals surface area contributed by atoms with E-state index >= 15 is 0 Å². The average molecular weight is 276 g/mol. The largest absolute Gasteiger partial charge is 0.507 e. The molecule has 0 heterocycles. The number of benzene rings is 3. The number of aliphatic hydroxyl groups is 1. The summed E-state index contributed by atoms with van der Waals surface area (Å²) in [4.78, 5) is 0. The van der Waals surface area contributed by atoms with Gasteiger partial charge >= 0.3 is 0 Å². The number of hydrogen-bond donors (Lipinski definition) is 2. The predicted octanol–water partition coefficient (Wildman–Crippen LogP) is 4.22. The normalized spacial score (nSPS) is 10.5. The second-order valence-electron chi connectivity index (χ2n) is 4.92. The van der Waals surface area contributed by atoms with Crippen molar-refractivity contribution in [3.05, 3.63) is 78.4 Å². The molecule has 2 N–H and O–H groups in total.